The molecule has 0 rings (SSSR count). The molecule has 0 bridgehead atoms. The predicted octanol–water partition coefficient (Wildman–Crippen LogP) is 4.11. The molecule has 176 valence electrons. The molecule has 1 N–H and O–H groups in total. The minimum Gasteiger partial charge on any atom is -0.748 e. The maximum atomic E-state index is 10.8. The van der Waals surface area contributed by atoms with Gasteiger partial charge in [-0.2, -0.15) is 0 Å². The fourth-order valence-corrected chi connectivity index (χ4v) is 4.31. The molecule has 0 aromatic rings. The molecular weight excluding hydrogens is 407 g/mol. The van der Waals surface area contributed by atoms with E-state index in [0.29, 0.717) is 6.42 Å². The van der Waals surface area contributed by atoms with E-state index in [4.69, 9.17) is 0 Å². The summed E-state index contributed by atoms with van der Waals surface area (Å²) in [5, 5.41) is 9.17. The first-order valence-corrected chi connectivity index (χ1v) is 14.0. The number of hydrogen-bond acceptors (Lipinski definition) is 4. The summed E-state index contributed by atoms with van der Waals surface area (Å²) in [5.74, 6) is 0. The molecule has 6 heteroatoms. The third kappa shape index (κ3) is 23.5. The molecule has 0 spiro atoms. The minimum absolute atomic E-state index is 0. The van der Waals surface area contributed by atoms with E-state index in [2.05, 4.69) is 6.92 Å². The summed E-state index contributed by atoms with van der Waals surface area (Å²) in [6.07, 6.45) is 23.4. The van der Waals surface area contributed by atoms with Gasteiger partial charge in [0.1, 0.15) is 0 Å². The van der Waals surface area contributed by atoms with E-state index >= 15 is 0 Å². The second-order valence-electron chi connectivity index (χ2n) is 8.98. The standard InChI is InChI=1S/C24H50O4S.Na/c1-3-4-17-21-24(25)22-19-16-14-12-10-8-6-5-7-9-11-13-15-18-20-23(2)29(26,27)28;/h23-25H,3-22H2,1-2H3,(H,26,27,28);/q;+1/p-1. The molecule has 2 unspecified atom stereocenters. The van der Waals surface area contributed by atoms with Crippen molar-refractivity contribution in [1.82, 2.24) is 0 Å². The fraction of sp³-hybridized carbons (Fsp3) is 1.00. The Hall–Kier alpha value is 0.870. The van der Waals surface area contributed by atoms with Crippen molar-refractivity contribution in [2.45, 2.75) is 154 Å². The first-order valence-electron chi connectivity index (χ1n) is 12.5. The molecule has 0 fully saturated rings. The number of aliphatic hydroxyl groups excluding tert-OH is 1. The Balaban J connectivity index is 0. The molecule has 0 heterocycles. The van der Waals surface area contributed by atoms with Crippen LogP contribution in [-0.4, -0.2) is 29.4 Å². The topological polar surface area (TPSA) is 77.4 Å². The molecule has 0 radical (unpaired) electrons. The molecule has 0 aliphatic rings. The van der Waals surface area contributed by atoms with Crippen LogP contribution in [0.5, 0.6) is 0 Å². The zero-order chi connectivity index (χ0) is 21.8. The van der Waals surface area contributed by atoms with Gasteiger partial charge in [-0.15, -0.1) is 0 Å². The van der Waals surface area contributed by atoms with E-state index < -0.39 is 15.4 Å². The Morgan fingerprint density at radius 3 is 1.27 bits per heavy atom. The molecule has 0 aliphatic heterocycles. The Bertz CT molecular complexity index is 442. The van der Waals surface area contributed by atoms with E-state index in [1.54, 1.807) is 0 Å². The second-order valence-corrected chi connectivity index (χ2v) is 10.8. The van der Waals surface area contributed by atoms with Crippen molar-refractivity contribution in [3.05, 3.63) is 0 Å². The van der Waals surface area contributed by atoms with E-state index in [9.17, 15) is 18.1 Å². The summed E-state index contributed by atoms with van der Waals surface area (Å²) >= 11 is 0. The van der Waals surface area contributed by atoms with Crippen molar-refractivity contribution < 1.29 is 47.6 Å². The third-order valence-electron chi connectivity index (χ3n) is 6.03. The predicted molar refractivity (Wildman–Crippen MR) is 123 cm³/mol. The van der Waals surface area contributed by atoms with E-state index in [1.165, 1.54) is 96.8 Å². The molecule has 0 saturated heterocycles. The van der Waals surface area contributed by atoms with Gasteiger partial charge in [-0.3, -0.25) is 0 Å². The van der Waals surface area contributed by atoms with Crippen LogP contribution in [0, 0.1) is 0 Å². The number of aliphatic hydroxyl groups is 1. The normalized spacial score (nSPS) is 13.7. The molecule has 4 nitrogen and oxygen atoms in total. The first-order chi connectivity index (χ1) is 13.9. The van der Waals surface area contributed by atoms with Crippen LogP contribution in [0.25, 0.3) is 0 Å². The Kier molecular flexibility index (Phi) is 25.4. The van der Waals surface area contributed by atoms with Gasteiger partial charge in [-0.05, 0) is 26.2 Å². The van der Waals surface area contributed by atoms with Crippen molar-refractivity contribution >= 4 is 10.1 Å². The SMILES string of the molecule is CCCCCC(O)CCCCCCCCCCCCCCCCC(C)S(=O)(=O)[O-].[Na+]. The van der Waals surface area contributed by atoms with Crippen LogP contribution in [0.4, 0.5) is 0 Å². The van der Waals surface area contributed by atoms with Gasteiger partial charge in [0.15, 0.2) is 0 Å². The van der Waals surface area contributed by atoms with Crippen molar-refractivity contribution in [3.63, 3.8) is 0 Å². The van der Waals surface area contributed by atoms with Crippen molar-refractivity contribution in [2.24, 2.45) is 0 Å². The van der Waals surface area contributed by atoms with Gasteiger partial charge in [-0.1, -0.05) is 116 Å². The summed E-state index contributed by atoms with van der Waals surface area (Å²) in [6, 6.07) is 0. The van der Waals surface area contributed by atoms with Crippen molar-refractivity contribution in [3.8, 4) is 0 Å². The minimum atomic E-state index is -4.09. The van der Waals surface area contributed by atoms with Gasteiger partial charge in [-0.25, -0.2) is 8.42 Å². The van der Waals surface area contributed by atoms with E-state index in [1.807, 2.05) is 0 Å². The zero-order valence-corrected chi connectivity index (χ0v) is 23.2. The smallest absolute Gasteiger partial charge is 0.748 e. The van der Waals surface area contributed by atoms with Crippen LogP contribution >= 0.6 is 0 Å². The van der Waals surface area contributed by atoms with Gasteiger partial charge >= 0.3 is 29.6 Å². The first kappa shape index (κ1) is 33.0. The van der Waals surface area contributed by atoms with E-state index in [-0.39, 0.29) is 35.7 Å². The molecule has 0 aliphatic carbocycles. The van der Waals surface area contributed by atoms with E-state index in [0.717, 1.165) is 32.1 Å². The monoisotopic (exact) mass is 456 g/mol. The quantitative estimate of drug-likeness (QED) is 0.151. The average Bonchev–Trinajstić information content (AvgIpc) is 2.66. The van der Waals surface area contributed by atoms with Gasteiger partial charge in [0, 0.05) is 5.25 Å². The summed E-state index contributed by atoms with van der Waals surface area (Å²) in [6.45, 7) is 3.72. The summed E-state index contributed by atoms with van der Waals surface area (Å²) < 4.78 is 32.4. The summed E-state index contributed by atoms with van der Waals surface area (Å²) in [7, 11) is -4.09. The Labute approximate surface area is 210 Å². The van der Waals surface area contributed by atoms with Crippen LogP contribution in [0.15, 0.2) is 0 Å². The Morgan fingerprint density at radius 2 is 0.933 bits per heavy atom. The molecular formula is C24H49NaO4S. The largest absolute Gasteiger partial charge is 1.00 e. The fourth-order valence-electron chi connectivity index (χ4n) is 3.85. The van der Waals surface area contributed by atoms with Gasteiger partial charge in [0.25, 0.3) is 0 Å². The zero-order valence-electron chi connectivity index (χ0n) is 20.4. The van der Waals surface area contributed by atoms with Crippen LogP contribution in [-0.2, 0) is 10.1 Å². The van der Waals surface area contributed by atoms with Gasteiger partial charge in [0.05, 0.1) is 16.2 Å². The molecule has 30 heavy (non-hydrogen) atoms. The van der Waals surface area contributed by atoms with Crippen LogP contribution in [0.1, 0.15) is 142 Å². The molecule has 0 aromatic heterocycles. The third-order valence-corrected chi connectivity index (χ3v) is 7.25. The van der Waals surface area contributed by atoms with Crippen LogP contribution < -0.4 is 29.6 Å². The van der Waals surface area contributed by atoms with Crippen LogP contribution in [0.2, 0.25) is 0 Å². The summed E-state index contributed by atoms with van der Waals surface area (Å²) in [5.41, 5.74) is 0. The number of unbranched alkanes of at least 4 members (excludes halogenated alkanes) is 15. The van der Waals surface area contributed by atoms with Crippen molar-refractivity contribution in [2.75, 3.05) is 0 Å². The number of hydrogen-bond donors (Lipinski definition) is 1. The van der Waals surface area contributed by atoms with Gasteiger partial charge in [0.2, 0.25) is 0 Å². The molecule has 0 saturated carbocycles. The van der Waals surface area contributed by atoms with Crippen LogP contribution in [0.3, 0.4) is 0 Å². The maximum Gasteiger partial charge on any atom is 1.00 e. The molecule has 0 aromatic carbocycles. The maximum absolute atomic E-state index is 10.8. The second kappa shape index (κ2) is 23.0. The summed E-state index contributed by atoms with van der Waals surface area (Å²) in [4.78, 5) is 0. The average molecular weight is 457 g/mol. The van der Waals surface area contributed by atoms with Crippen molar-refractivity contribution in [1.29, 1.82) is 0 Å². The molecule has 2 atom stereocenters. The molecule has 0 amide bonds. The number of rotatable bonds is 22. The van der Waals surface area contributed by atoms with Gasteiger partial charge < -0.3 is 9.66 Å². The Morgan fingerprint density at radius 1 is 0.633 bits per heavy atom.